The molecule has 2 saturated heterocycles. The first-order valence-corrected chi connectivity index (χ1v) is 8.66. The van der Waals surface area contributed by atoms with Gasteiger partial charge in [-0.3, -0.25) is 4.79 Å². The number of aliphatic hydroxyl groups is 1. The maximum Gasteiger partial charge on any atom is 0.233 e. The van der Waals surface area contributed by atoms with Gasteiger partial charge in [0.25, 0.3) is 0 Å². The molecule has 1 amide bonds. The molecule has 4 heteroatoms. The second-order valence-electron chi connectivity index (χ2n) is 6.81. The van der Waals surface area contributed by atoms with Gasteiger partial charge in [0.15, 0.2) is 0 Å². The summed E-state index contributed by atoms with van der Waals surface area (Å²) >= 11 is 3.46. The molecule has 1 N–H and O–H groups in total. The minimum Gasteiger partial charge on any atom is -0.393 e. The van der Waals surface area contributed by atoms with Crippen molar-refractivity contribution in [1.82, 2.24) is 4.90 Å². The van der Waals surface area contributed by atoms with Crippen molar-refractivity contribution in [2.75, 3.05) is 0 Å². The molecule has 1 aromatic rings. The monoisotopic (exact) mass is 349 g/mol. The molecule has 2 bridgehead atoms. The number of benzene rings is 1. The number of aliphatic hydroxyl groups excluding tert-OH is 1. The first-order valence-electron chi connectivity index (χ1n) is 7.87. The van der Waals surface area contributed by atoms with Crippen molar-refractivity contribution < 1.29 is 9.90 Å². The molecular formula is C17H20BrNO2. The van der Waals surface area contributed by atoms with Crippen LogP contribution in [0.15, 0.2) is 28.7 Å². The highest BCUT2D eigenvalue weighted by atomic mass is 79.9. The van der Waals surface area contributed by atoms with E-state index in [0.717, 1.165) is 48.6 Å². The molecule has 2 aliphatic heterocycles. The van der Waals surface area contributed by atoms with E-state index < -0.39 is 0 Å². The Hall–Kier alpha value is -0.870. The van der Waals surface area contributed by atoms with Gasteiger partial charge in [-0.1, -0.05) is 28.1 Å². The van der Waals surface area contributed by atoms with Crippen LogP contribution in [0, 0.1) is 0 Å². The molecule has 2 unspecified atom stereocenters. The number of carbonyl (C=O) groups excluding carboxylic acids is 1. The Morgan fingerprint density at radius 3 is 2.24 bits per heavy atom. The zero-order valence-corrected chi connectivity index (χ0v) is 13.6. The van der Waals surface area contributed by atoms with Crippen LogP contribution in [0.3, 0.4) is 0 Å². The Balaban J connectivity index is 1.62. The normalized spacial score (nSPS) is 33.0. The number of hydrogen-bond donors (Lipinski definition) is 1. The summed E-state index contributed by atoms with van der Waals surface area (Å²) in [5, 5.41) is 9.91. The van der Waals surface area contributed by atoms with Crippen LogP contribution in [-0.2, 0) is 10.2 Å². The molecular weight excluding hydrogens is 330 g/mol. The van der Waals surface area contributed by atoms with Crippen LogP contribution in [0.2, 0.25) is 0 Å². The van der Waals surface area contributed by atoms with Crippen LogP contribution in [0.4, 0.5) is 0 Å². The minimum absolute atomic E-state index is 0.214. The molecule has 1 saturated carbocycles. The van der Waals surface area contributed by atoms with Crippen LogP contribution in [0.25, 0.3) is 0 Å². The third-order valence-electron chi connectivity index (χ3n) is 5.50. The van der Waals surface area contributed by atoms with Crippen molar-refractivity contribution in [3.05, 3.63) is 34.3 Å². The van der Waals surface area contributed by atoms with E-state index in [0.29, 0.717) is 5.91 Å². The van der Waals surface area contributed by atoms with Crippen LogP contribution in [-0.4, -0.2) is 34.1 Å². The lowest BCUT2D eigenvalue weighted by Crippen LogP contribution is -2.51. The topological polar surface area (TPSA) is 40.5 Å². The zero-order valence-electron chi connectivity index (χ0n) is 12.0. The van der Waals surface area contributed by atoms with Crippen LogP contribution in [0.1, 0.15) is 44.1 Å². The molecule has 1 aliphatic carbocycles. The van der Waals surface area contributed by atoms with E-state index in [1.165, 1.54) is 0 Å². The fourth-order valence-electron chi connectivity index (χ4n) is 4.25. The van der Waals surface area contributed by atoms with Crippen molar-refractivity contribution in [1.29, 1.82) is 0 Å². The number of amides is 1. The number of hydrogen-bond acceptors (Lipinski definition) is 2. The molecule has 0 radical (unpaired) electrons. The van der Waals surface area contributed by atoms with E-state index in [2.05, 4.69) is 33.0 Å². The number of nitrogens with zero attached hydrogens (tertiary/aromatic N) is 1. The quantitative estimate of drug-likeness (QED) is 0.891. The van der Waals surface area contributed by atoms with Crippen LogP contribution < -0.4 is 0 Å². The maximum absolute atomic E-state index is 13.2. The fourth-order valence-corrected chi connectivity index (χ4v) is 4.51. The Morgan fingerprint density at radius 2 is 1.71 bits per heavy atom. The van der Waals surface area contributed by atoms with Gasteiger partial charge in [-0.05, 0) is 56.2 Å². The van der Waals surface area contributed by atoms with E-state index >= 15 is 0 Å². The third-order valence-corrected chi connectivity index (χ3v) is 6.03. The molecule has 3 aliphatic rings. The Labute approximate surface area is 133 Å². The van der Waals surface area contributed by atoms with E-state index in [1.807, 2.05) is 12.1 Å². The summed E-state index contributed by atoms with van der Waals surface area (Å²) in [7, 11) is 0. The molecule has 21 heavy (non-hydrogen) atoms. The average molecular weight is 350 g/mol. The third kappa shape index (κ3) is 2.15. The number of halogens is 1. The highest BCUT2D eigenvalue weighted by molar-refractivity contribution is 9.10. The lowest BCUT2D eigenvalue weighted by Gasteiger charge is -2.39. The highest BCUT2D eigenvalue weighted by Crippen LogP contribution is 2.52. The van der Waals surface area contributed by atoms with Gasteiger partial charge in [0.05, 0.1) is 11.5 Å². The molecule has 112 valence electrons. The SMILES string of the molecule is O=C(N1C2CCC1CC(O)C2)C1(c2ccc(Br)cc2)CC1. The fraction of sp³-hybridized carbons (Fsp3) is 0.588. The van der Waals surface area contributed by atoms with Gasteiger partial charge < -0.3 is 10.0 Å². The van der Waals surface area contributed by atoms with E-state index in [-0.39, 0.29) is 23.6 Å². The molecule has 0 spiro atoms. The van der Waals surface area contributed by atoms with Crippen molar-refractivity contribution >= 4 is 21.8 Å². The second kappa shape index (κ2) is 4.82. The summed E-state index contributed by atoms with van der Waals surface area (Å²) in [4.78, 5) is 15.3. The summed E-state index contributed by atoms with van der Waals surface area (Å²) in [5.74, 6) is 0.309. The van der Waals surface area contributed by atoms with Gasteiger partial charge in [0, 0.05) is 16.6 Å². The molecule has 2 atom stereocenters. The van der Waals surface area contributed by atoms with Crippen LogP contribution >= 0.6 is 15.9 Å². The highest BCUT2D eigenvalue weighted by Gasteiger charge is 2.56. The number of carbonyl (C=O) groups is 1. The summed E-state index contributed by atoms with van der Waals surface area (Å²) in [6.45, 7) is 0. The predicted octanol–water partition coefficient (Wildman–Crippen LogP) is 3.00. The zero-order chi connectivity index (χ0) is 14.6. The number of piperidine rings is 1. The smallest absolute Gasteiger partial charge is 0.233 e. The van der Waals surface area contributed by atoms with Gasteiger partial charge >= 0.3 is 0 Å². The van der Waals surface area contributed by atoms with Crippen LogP contribution in [0.5, 0.6) is 0 Å². The minimum atomic E-state index is -0.274. The first kappa shape index (κ1) is 13.8. The summed E-state index contributed by atoms with van der Waals surface area (Å²) in [5.41, 5.74) is 0.880. The van der Waals surface area contributed by atoms with Crippen molar-refractivity contribution in [2.45, 2.75) is 62.1 Å². The summed E-state index contributed by atoms with van der Waals surface area (Å²) in [6.07, 6.45) is 5.36. The van der Waals surface area contributed by atoms with Gasteiger partial charge in [0.1, 0.15) is 0 Å². The molecule has 4 rings (SSSR count). The predicted molar refractivity (Wildman–Crippen MR) is 84.0 cm³/mol. The molecule has 3 fully saturated rings. The van der Waals surface area contributed by atoms with Crippen molar-refractivity contribution in [3.63, 3.8) is 0 Å². The molecule has 0 aromatic heterocycles. The molecule has 3 nitrogen and oxygen atoms in total. The second-order valence-corrected chi connectivity index (χ2v) is 7.73. The lowest BCUT2D eigenvalue weighted by atomic mass is 9.91. The van der Waals surface area contributed by atoms with Crippen molar-refractivity contribution in [3.8, 4) is 0 Å². The summed E-state index contributed by atoms with van der Waals surface area (Å²) < 4.78 is 1.05. The molecule has 2 heterocycles. The maximum atomic E-state index is 13.2. The number of rotatable bonds is 2. The van der Waals surface area contributed by atoms with Gasteiger partial charge in [0.2, 0.25) is 5.91 Å². The van der Waals surface area contributed by atoms with Gasteiger partial charge in [-0.15, -0.1) is 0 Å². The Kier molecular flexibility index (Phi) is 3.16. The lowest BCUT2D eigenvalue weighted by molar-refractivity contribution is -0.140. The first-order chi connectivity index (χ1) is 10.1. The van der Waals surface area contributed by atoms with Gasteiger partial charge in [-0.2, -0.15) is 0 Å². The Morgan fingerprint density at radius 1 is 1.14 bits per heavy atom. The standard InChI is InChI=1S/C17H20BrNO2/c18-12-3-1-11(2-4-12)17(7-8-17)16(21)19-13-5-6-14(19)10-15(20)9-13/h1-4,13-15,20H,5-10H2. The van der Waals surface area contributed by atoms with E-state index in [9.17, 15) is 9.90 Å². The average Bonchev–Trinajstić information content (AvgIpc) is 3.21. The van der Waals surface area contributed by atoms with Crippen molar-refractivity contribution in [2.24, 2.45) is 0 Å². The Bertz CT molecular complexity index is 553. The number of fused-ring (bicyclic) bond motifs is 2. The molecule has 1 aromatic carbocycles. The van der Waals surface area contributed by atoms with E-state index in [4.69, 9.17) is 0 Å². The summed E-state index contributed by atoms with van der Waals surface area (Å²) in [6, 6.07) is 8.73. The van der Waals surface area contributed by atoms with E-state index in [1.54, 1.807) is 0 Å². The largest absolute Gasteiger partial charge is 0.393 e. The van der Waals surface area contributed by atoms with Gasteiger partial charge in [-0.25, -0.2) is 0 Å².